The van der Waals surface area contributed by atoms with Crippen molar-refractivity contribution >= 4 is 10.9 Å². The second-order valence-electron chi connectivity index (χ2n) is 7.35. The SMILES string of the molecule is COc1ccc2nc(CN(Cc3ccncc3)Cc3ccc(C)cc3)ccc2c1. The molecule has 2 heterocycles. The van der Waals surface area contributed by atoms with Crippen molar-refractivity contribution in [3.05, 3.63) is 102 Å². The summed E-state index contributed by atoms with van der Waals surface area (Å²) in [7, 11) is 1.69. The molecule has 0 unspecified atom stereocenters. The maximum Gasteiger partial charge on any atom is 0.119 e. The van der Waals surface area contributed by atoms with E-state index in [0.717, 1.165) is 42.0 Å². The summed E-state index contributed by atoms with van der Waals surface area (Å²) >= 11 is 0. The maximum atomic E-state index is 5.32. The monoisotopic (exact) mass is 383 g/mol. The van der Waals surface area contributed by atoms with Crippen molar-refractivity contribution in [2.75, 3.05) is 7.11 Å². The third-order valence-electron chi connectivity index (χ3n) is 5.02. The van der Waals surface area contributed by atoms with Crippen LogP contribution in [-0.4, -0.2) is 22.0 Å². The molecule has 0 aliphatic heterocycles. The van der Waals surface area contributed by atoms with E-state index in [1.54, 1.807) is 7.11 Å². The molecule has 0 saturated heterocycles. The summed E-state index contributed by atoms with van der Waals surface area (Å²) in [6.45, 7) is 4.61. The lowest BCUT2D eigenvalue weighted by Gasteiger charge is -2.22. The van der Waals surface area contributed by atoms with Gasteiger partial charge in [0.2, 0.25) is 0 Å². The van der Waals surface area contributed by atoms with Gasteiger partial charge in [0, 0.05) is 37.4 Å². The molecule has 4 heteroatoms. The van der Waals surface area contributed by atoms with Gasteiger partial charge in [0.25, 0.3) is 0 Å². The van der Waals surface area contributed by atoms with Crippen molar-refractivity contribution in [3.8, 4) is 5.75 Å². The molecule has 0 aliphatic rings. The number of ether oxygens (including phenoxy) is 1. The minimum atomic E-state index is 0.776. The molecule has 2 aromatic heterocycles. The highest BCUT2D eigenvalue weighted by Crippen LogP contribution is 2.21. The number of aromatic nitrogens is 2. The van der Waals surface area contributed by atoms with E-state index < -0.39 is 0 Å². The molecular formula is C25H25N3O. The zero-order valence-electron chi connectivity index (χ0n) is 16.9. The smallest absolute Gasteiger partial charge is 0.119 e. The van der Waals surface area contributed by atoms with E-state index in [1.165, 1.54) is 16.7 Å². The van der Waals surface area contributed by atoms with Crippen LogP contribution in [0.4, 0.5) is 0 Å². The topological polar surface area (TPSA) is 38.2 Å². The Morgan fingerprint density at radius 1 is 0.793 bits per heavy atom. The molecule has 0 fully saturated rings. The van der Waals surface area contributed by atoms with E-state index >= 15 is 0 Å². The minimum absolute atomic E-state index is 0.776. The first-order valence-corrected chi connectivity index (χ1v) is 9.80. The van der Waals surface area contributed by atoms with Crippen molar-refractivity contribution in [2.45, 2.75) is 26.6 Å². The first kappa shape index (κ1) is 19.1. The van der Waals surface area contributed by atoms with Gasteiger partial charge < -0.3 is 4.74 Å². The number of benzene rings is 2. The van der Waals surface area contributed by atoms with Gasteiger partial charge in [-0.2, -0.15) is 0 Å². The number of pyridine rings is 2. The maximum absolute atomic E-state index is 5.32. The van der Waals surface area contributed by atoms with Crippen LogP contribution in [0.3, 0.4) is 0 Å². The third-order valence-corrected chi connectivity index (χ3v) is 5.02. The van der Waals surface area contributed by atoms with Gasteiger partial charge in [-0.1, -0.05) is 35.9 Å². The van der Waals surface area contributed by atoms with Gasteiger partial charge in [-0.15, -0.1) is 0 Å². The third kappa shape index (κ3) is 4.98. The van der Waals surface area contributed by atoms with Gasteiger partial charge >= 0.3 is 0 Å². The molecule has 0 aliphatic carbocycles. The fourth-order valence-corrected chi connectivity index (χ4v) is 3.46. The highest BCUT2D eigenvalue weighted by molar-refractivity contribution is 5.80. The average molecular weight is 383 g/mol. The van der Waals surface area contributed by atoms with Crippen LogP contribution in [-0.2, 0) is 19.6 Å². The van der Waals surface area contributed by atoms with Crippen molar-refractivity contribution < 1.29 is 4.74 Å². The number of rotatable bonds is 7. The molecule has 2 aromatic carbocycles. The minimum Gasteiger partial charge on any atom is -0.497 e. The largest absolute Gasteiger partial charge is 0.497 e. The predicted octanol–water partition coefficient (Wildman–Crippen LogP) is 5.15. The highest BCUT2D eigenvalue weighted by atomic mass is 16.5. The molecule has 0 saturated carbocycles. The molecule has 0 radical (unpaired) electrons. The van der Waals surface area contributed by atoms with Crippen LogP contribution in [0.2, 0.25) is 0 Å². The summed E-state index contributed by atoms with van der Waals surface area (Å²) in [5.41, 5.74) is 5.88. The summed E-state index contributed by atoms with van der Waals surface area (Å²) in [6, 6.07) is 23.1. The van der Waals surface area contributed by atoms with Crippen LogP contribution in [0.1, 0.15) is 22.4 Å². The summed E-state index contributed by atoms with van der Waals surface area (Å²) in [4.78, 5) is 11.4. The van der Waals surface area contributed by atoms with Gasteiger partial charge in [-0.05, 0) is 54.4 Å². The molecule has 29 heavy (non-hydrogen) atoms. The molecule has 0 spiro atoms. The van der Waals surface area contributed by atoms with Crippen LogP contribution in [0.5, 0.6) is 5.75 Å². The van der Waals surface area contributed by atoms with Gasteiger partial charge in [0.05, 0.1) is 18.3 Å². The van der Waals surface area contributed by atoms with E-state index in [9.17, 15) is 0 Å². The lowest BCUT2D eigenvalue weighted by Crippen LogP contribution is -2.23. The van der Waals surface area contributed by atoms with Crippen LogP contribution in [0.15, 0.2) is 79.1 Å². The molecule has 4 aromatic rings. The van der Waals surface area contributed by atoms with E-state index in [4.69, 9.17) is 9.72 Å². The number of hydrogen-bond donors (Lipinski definition) is 0. The van der Waals surface area contributed by atoms with Crippen molar-refractivity contribution in [3.63, 3.8) is 0 Å². The summed E-state index contributed by atoms with van der Waals surface area (Å²) in [5.74, 6) is 0.853. The fraction of sp³-hybridized carbons (Fsp3) is 0.200. The van der Waals surface area contributed by atoms with E-state index in [1.807, 2.05) is 30.6 Å². The molecule has 4 rings (SSSR count). The number of aryl methyl sites for hydroxylation is 1. The Labute approximate surface area is 171 Å². The second-order valence-corrected chi connectivity index (χ2v) is 7.35. The molecule has 146 valence electrons. The van der Waals surface area contributed by atoms with Crippen molar-refractivity contribution in [1.29, 1.82) is 0 Å². The predicted molar refractivity (Wildman–Crippen MR) is 117 cm³/mol. The fourth-order valence-electron chi connectivity index (χ4n) is 3.46. The number of fused-ring (bicyclic) bond motifs is 1. The quantitative estimate of drug-likeness (QED) is 0.442. The molecule has 0 bridgehead atoms. The molecule has 0 atom stereocenters. The van der Waals surface area contributed by atoms with E-state index in [0.29, 0.717) is 0 Å². The Kier molecular flexibility index (Phi) is 5.82. The molecule has 4 nitrogen and oxygen atoms in total. The van der Waals surface area contributed by atoms with Crippen molar-refractivity contribution in [1.82, 2.24) is 14.9 Å². The lowest BCUT2D eigenvalue weighted by molar-refractivity contribution is 0.245. The number of hydrogen-bond acceptors (Lipinski definition) is 4. The Balaban J connectivity index is 1.58. The summed E-state index contributed by atoms with van der Waals surface area (Å²) in [6.07, 6.45) is 3.70. The number of methoxy groups -OCH3 is 1. The van der Waals surface area contributed by atoms with Gasteiger partial charge in [0.1, 0.15) is 5.75 Å². The first-order valence-electron chi connectivity index (χ1n) is 9.80. The van der Waals surface area contributed by atoms with Crippen LogP contribution in [0, 0.1) is 6.92 Å². The first-order chi connectivity index (χ1) is 14.2. The van der Waals surface area contributed by atoms with Gasteiger partial charge in [-0.3, -0.25) is 14.9 Å². The summed E-state index contributed by atoms with van der Waals surface area (Å²) in [5, 5.41) is 1.09. The second kappa shape index (κ2) is 8.84. The zero-order valence-corrected chi connectivity index (χ0v) is 16.9. The standard InChI is InChI=1S/C25H25N3O/c1-19-3-5-20(6-4-19)16-28(17-21-11-13-26-14-12-21)18-23-8-7-22-15-24(29-2)9-10-25(22)27-23/h3-15H,16-18H2,1-2H3. The zero-order chi connectivity index (χ0) is 20.1. The van der Waals surface area contributed by atoms with Crippen LogP contribution < -0.4 is 4.74 Å². The highest BCUT2D eigenvalue weighted by Gasteiger charge is 2.10. The Bertz CT molecular complexity index is 1080. The van der Waals surface area contributed by atoms with E-state index in [-0.39, 0.29) is 0 Å². The molecule has 0 amide bonds. The molecular weight excluding hydrogens is 358 g/mol. The van der Waals surface area contributed by atoms with Crippen LogP contribution in [0.25, 0.3) is 10.9 Å². The lowest BCUT2D eigenvalue weighted by atomic mass is 10.1. The molecule has 0 N–H and O–H groups in total. The Morgan fingerprint density at radius 3 is 2.24 bits per heavy atom. The average Bonchev–Trinajstić information content (AvgIpc) is 2.75. The number of nitrogens with zero attached hydrogens (tertiary/aromatic N) is 3. The summed E-state index contributed by atoms with van der Waals surface area (Å²) < 4.78 is 5.32. The van der Waals surface area contributed by atoms with Gasteiger partial charge in [-0.25, -0.2) is 0 Å². The van der Waals surface area contributed by atoms with Crippen LogP contribution >= 0.6 is 0 Å². The van der Waals surface area contributed by atoms with Gasteiger partial charge in [0.15, 0.2) is 0 Å². The normalized spacial score (nSPS) is 11.1. The van der Waals surface area contributed by atoms with Crippen molar-refractivity contribution in [2.24, 2.45) is 0 Å². The van der Waals surface area contributed by atoms with E-state index in [2.05, 4.69) is 65.3 Å². The Morgan fingerprint density at radius 2 is 1.52 bits per heavy atom. The Hall–Kier alpha value is -3.24.